The van der Waals surface area contributed by atoms with Crippen molar-refractivity contribution in [2.45, 2.75) is 32.2 Å². The number of rotatable bonds is 5. The van der Waals surface area contributed by atoms with Crippen LogP contribution >= 0.6 is 11.3 Å². The highest BCUT2D eigenvalue weighted by Crippen LogP contribution is 2.50. The Labute approximate surface area is 127 Å². The maximum Gasteiger partial charge on any atom is 0.287 e. The van der Waals surface area contributed by atoms with Crippen LogP contribution in [0.2, 0.25) is 0 Å². The fourth-order valence-electron chi connectivity index (χ4n) is 2.95. The summed E-state index contributed by atoms with van der Waals surface area (Å²) in [6.45, 7) is 1.94. The van der Waals surface area contributed by atoms with E-state index in [2.05, 4.69) is 5.32 Å². The van der Waals surface area contributed by atoms with Gasteiger partial charge in [0.15, 0.2) is 5.76 Å². The molecule has 0 radical (unpaired) electrons. The Balaban J connectivity index is 1.87. The average molecular weight is 305 g/mol. The number of furan rings is 1. The zero-order valence-electron chi connectivity index (χ0n) is 12.0. The Morgan fingerprint density at radius 2 is 2.33 bits per heavy atom. The summed E-state index contributed by atoms with van der Waals surface area (Å²) in [6, 6.07) is 5.61. The van der Waals surface area contributed by atoms with E-state index < -0.39 is 0 Å². The van der Waals surface area contributed by atoms with Crippen molar-refractivity contribution in [2.24, 2.45) is 5.41 Å². The van der Waals surface area contributed by atoms with Crippen molar-refractivity contribution in [1.29, 1.82) is 0 Å². The van der Waals surface area contributed by atoms with Crippen LogP contribution in [0.4, 0.5) is 0 Å². The molecule has 0 aromatic carbocycles. The van der Waals surface area contributed by atoms with Crippen LogP contribution in [0.5, 0.6) is 0 Å². The summed E-state index contributed by atoms with van der Waals surface area (Å²) in [6.07, 6.45) is 4.49. The van der Waals surface area contributed by atoms with Gasteiger partial charge in [-0.2, -0.15) is 0 Å². The first kappa shape index (κ1) is 14.4. The first-order chi connectivity index (χ1) is 10.2. The lowest BCUT2D eigenvalue weighted by molar-refractivity contribution is 0.00669. The normalized spacial score (nSPS) is 18.0. The summed E-state index contributed by atoms with van der Waals surface area (Å²) in [7, 11) is 0. The molecule has 1 unspecified atom stereocenters. The Morgan fingerprint density at radius 3 is 2.81 bits per heavy atom. The second-order valence-electron chi connectivity index (χ2n) is 5.73. The number of hydrogen-bond acceptors (Lipinski definition) is 4. The third-order valence-electron chi connectivity index (χ3n) is 4.45. The number of aliphatic hydroxyl groups is 1. The quantitative estimate of drug-likeness (QED) is 0.891. The number of amides is 1. The van der Waals surface area contributed by atoms with E-state index in [1.807, 2.05) is 24.4 Å². The minimum Gasteiger partial charge on any atom is -0.459 e. The van der Waals surface area contributed by atoms with Gasteiger partial charge in [-0.05, 0) is 37.3 Å². The molecule has 0 aliphatic heterocycles. The molecule has 1 aliphatic carbocycles. The lowest BCUT2D eigenvalue weighted by Gasteiger charge is -2.46. The molecule has 5 heteroatoms. The minimum absolute atomic E-state index is 0.0903. The number of hydrogen-bond donors (Lipinski definition) is 2. The minimum atomic E-state index is -0.235. The second kappa shape index (κ2) is 5.66. The molecule has 1 aliphatic rings. The van der Waals surface area contributed by atoms with Gasteiger partial charge in [-0.1, -0.05) is 12.5 Å². The van der Waals surface area contributed by atoms with E-state index in [1.54, 1.807) is 17.4 Å². The third-order valence-corrected chi connectivity index (χ3v) is 5.39. The van der Waals surface area contributed by atoms with Crippen LogP contribution in [0.25, 0.3) is 0 Å². The Morgan fingerprint density at radius 1 is 1.52 bits per heavy atom. The highest BCUT2D eigenvalue weighted by molar-refractivity contribution is 7.10. The van der Waals surface area contributed by atoms with Gasteiger partial charge in [0.2, 0.25) is 0 Å². The molecular formula is C16H19NO3S. The average Bonchev–Trinajstić information content (AvgIpc) is 3.07. The molecule has 2 aromatic heterocycles. The zero-order chi connectivity index (χ0) is 14.9. The molecule has 2 N–H and O–H groups in total. The number of carbonyl (C=O) groups is 1. The number of thiophene rings is 1. The zero-order valence-corrected chi connectivity index (χ0v) is 12.8. The molecule has 0 saturated heterocycles. The summed E-state index contributed by atoms with van der Waals surface area (Å²) in [5.41, 5.74) is 0.588. The molecule has 112 valence electrons. The Kier molecular flexibility index (Phi) is 3.87. The largest absolute Gasteiger partial charge is 0.459 e. The van der Waals surface area contributed by atoms with E-state index in [9.17, 15) is 9.90 Å². The van der Waals surface area contributed by atoms with Crippen LogP contribution < -0.4 is 5.32 Å². The van der Waals surface area contributed by atoms with Gasteiger partial charge in [-0.25, -0.2) is 0 Å². The highest BCUT2D eigenvalue weighted by Gasteiger charge is 2.45. The monoisotopic (exact) mass is 305 g/mol. The summed E-state index contributed by atoms with van der Waals surface area (Å²) in [5, 5.41) is 14.9. The lowest BCUT2D eigenvalue weighted by Crippen LogP contribution is -2.47. The van der Waals surface area contributed by atoms with Gasteiger partial charge in [0.05, 0.1) is 18.9 Å². The first-order valence-corrected chi connectivity index (χ1v) is 8.03. The predicted molar refractivity (Wildman–Crippen MR) is 81.3 cm³/mol. The molecule has 3 rings (SSSR count). The fraction of sp³-hybridized carbons (Fsp3) is 0.438. The summed E-state index contributed by atoms with van der Waals surface area (Å²) in [5.74, 6) is 0.139. The van der Waals surface area contributed by atoms with Crippen molar-refractivity contribution in [3.05, 3.63) is 46.0 Å². The van der Waals surface area contributed by atoms with Crippen molar-refractivity contribution in [3.63, 3.8) is 0 Å². The molecule has 1 amide bonds. The predicted octanol–water partition coefficient (Wildman–Crippen LogP) is 3.28. The SMILES string of the molecule is Cc1ccoc1C(=O)NC(c1cccs1)C1(CO)CCC1. The number of aliphatic hydroxyl groups excluding tert-OH is 1. The van der Waals surface area contributed by atoms with Crippen molar-refractivity contribution >= 4 is 17.2 Å². The van der Waals surface area contributed by atoms with E-state index in [1.165, 1.54) is 6.26 Å². The van der Waals surface area contributed by atoms with Crippen molar-refractivity contribution in [2.75, 3.05) is 6.61 Å². The molecule has 1 fully saturated rings. The third kappa shape index (κ3) is 2.51. The van der Waals surface area contributed by atoms with Crippen LogP contribution in [-0.4, -0.2) is 17.6 Å². The molecule has 2 aromatic rings. The van der Waals surface area contributed by atoms with Gasteiger partial charge in [-0.15, -0.1) is 11.3 Å². The second-order valence-corrected chi connectivity index (χ2v) is 6.71. The first-order valence-electron chi connectivity index (χ1n) is 7.15. The Bertz CT molecular complexity index is 608. The Hall–Kier alpha value is -1.59. The number of carbonyl (C=O) groups excluding carboxylic acids is 1. The van der Waals surface area contributed by atoms with Gasteiger partial charge in [0.1, 0.15) is 0 Å². The van der Waals surface area contributed by atoms with Gasteiger partial charge < -0.3 is 14.8 Å². The topological polar surface area (TPSA) is 62.5 Å². The summed E-state index contributed by atoms with van der Waals surface area (Å²) in [4.78, 5) is 13.5. The molecule has 1 saturated carbocycles. The molecule has 4 nitrogen and oxygen atoms in total. The molecule has 1 atom stereocenters. The van der Waals surface area contributed by atoms with Gasteiger partial charge in [-0.3, -0.25) is 4.79 Å². The van der Waals surface area contributed by atoms with Gasteiger partial charge in [0, 0.05) is 15.9 Å². The van der Waals surface area contributed by atoms with Crippen molar-refractivity contribution in [1.82, 2.24) is 5.32 Å². The van der Waals surface area contributed by atoms with Gasteiger partial charge >= 0.3 is 0 Å². The maximum atomic E-state index is 12.5. The smallest absolute Gasteiger partial charge is 0.287 e. The maximum absolute atomic E-state index is 12.5. The van der Waals surface area contributed by atoms with Crippen LogP contribution in [0, 0.1) is 12.3 Å². The standard InChI is InChI=1S/C16H19NO3S/c1-11-5-8-20-13(11)15(19)17-14(12-4-2-9-21-12)16(10-18)6-3-7-16/h2,4-5,8-9,14,18H,3,6-7,10H2,1H3,(H,17,19). The van der Waals surface area contributed by atoms with E-state index in [0.29, 0.717) is 5.76 Å². The molecule has 0 bridgehead atoms. The molecule has 21 heavy (non-hydrogen) atoms. The van der Waals surface area contributed by atoms with Crippen LogP contribution in [-0.2, 0) is 0 Å². The van der Waals surface area contributed by atoms with Crippen LogP contribution in [0.3, 0.4) is 0 Å². The molecule has 2 heterocycles. The summed E-state index contributed by atoms with van der Waals surface area (Å²) < 4.78 is 5.27. The number of nitrogens with one attached hydrogen (secondary N) is 1. The lowest BCUT2D eigenvalue weighted by atomic mass is 9.64. The van der Waals surface area contributed by atoms with Gasteiger partial charge in [0.25, 0.3) is 5.91 Å². The fourth-order valence-corrected chi connectivity index (χ4v) is 3.87. The van der Waals surface area contributed by atoms with E-state index >= 15 is 0 Å². The van der Waals surface area contributed by atoms with E-state index in [-0.39, 0.29) is 24.0 Å². The molecular weight excluding hydrogens is 286 g/mol. The summed E-state index contributed by atoms with van der Waals surface area (Å²) >= 11 is 1.61. The van der Waals surface area contributed by atoms with Crippen LogP contribution in [0.1, 0.15) is 46.3 Å². The van der Waals surface area contributed by atoms with Crippen molar-refractivity contribution in [3.8, 4) is 0 Å². The van der Waals surface area contributed by atoms with Crippen LogP contribution in [0.15, 0.2) is 34.3 Å². The highest BCUT2D eigenvalue weighted by atomic mass is 32.1. The van der Waals surface area contributed by atoms with Crippen molar-refractivity contribution < 1.29 is 14.3 Å². The molecule has 0 spiro atoms. The number of aryl methyl sites for hydroxylation is 1. The van der Waals surface area contributed by atoms with E-state index in [4.69, 9.17) is 4.42 Å². The van der Waals surface area contributed by atoms with E-state index in [0.717, 1.165) is 29.7 Å².